The number of halogens is 4. The predicted molar refractivity (Wildman–Crippen MR) is 106 cm³/mol. The highest BCUT2D eigenvalue weighted by Gasteiger charge is 2.08. The molecule has 3 aromatic rings. The number of hydrogen-bond acceptors (Lipinski definition) is 3. The Bertz CT molecular complexity index is 999. The number of nitrogens with one attached hydrogen (secondary N) is 1. The normalized spacial score (nSPS) is 11.1. The maximum Gasteiger partial charge on any atom is 0.271 e. The maximum atomic E-state index is 12.0. The number of carbonyl (C=O) groups excluding carboxylic acids is 1. The third-order valence-electron chi connectivity index (χ3n) is 3.37. The molecule has 0 aliphatic carbocycles. The van der Waals surface area contributed by atoms with Crippen LogP contribution in [0.2, 0.25) is 20.1 Å². The second kappa shape index (κ2) is 8.14. The first-order valence-electron chi connectivity index (χ1n) is 7.28. The van der Waals surface area contributed by atoms with Crippen molar-refractivity contribution in [2.24, 2.45) is 5.10 Å². The Morgan fingerprint density at radius 1 is 0.885 bits per heavy atom. The molecule has 132 valence electrons. The van der Waals surface area contributed by atoms with Crippen LogP contribution in [0.25, 0.3) is 11.3 Å². The van der Waals surface area contributed by atoms with Gasteiger partial charge in [0, 0.05) is 11.1 Å². The molecular formula is C18H10Cl4N2O2. The molecule has 26 heavy (non-hydrogen) atoms. The molecule has 0 radical (unpaired) electrons. The van der Waals surface area contributed by atoms with Crippen molar-refractivity contribution >= 4 is 58.5 Å². The van der Waals surface area contributed by atoms with Crippen molar-refractivity contribution < 1.29 is 9.21 Å². The monoisotopic (exact) mass is 426 g/mol. The molecule has 1 heterocycles. The summed E-state index contributed by atoms with van der Waals surface area (Å²) in [5.41, 5.74) is 3.51. The number of hydrogen-bond donors (Lipinski definition) is 1. The number of amides is 1. The van der Waals surface area contributed by atoms with Gasteiger partial charge in [0.1, 0.15) is 11.5 Å². The molecule has 4 nitrogen and oxygen atoms in total. The SMILES string of the molecule is O=C(N/N=C\c1ccc(-c2ccc(Cl)c(Cl)c2)o1)c1ccc(Cl)c(Cl)c1. The summed E-state index contributed by atoms with van der Waals surface area (Å²) in [6.45, 7) is 0. The molecule has 8 heteroatoms. The first kappa shape index (κ1) is 18.8. The summed E-state index contributed by atoms with van der Waals surface area (Å²) in [7, 11) is 0. The van der Waals surface area contributed by atoms with E-state index in [4.69, 9.17) is 50.8 Å². The average Bonchev–Trinajstić information content (AvgIpc) is 3.08. The molecule has 0 saturated carbocycles. The van der Waals surface area contributed by atoms with E-state index in [-0.39, 0.29) is 0 Å². The average molecular weight is 428 g/mol. The number of rotatable bonds is 4. The summed E-state index contributed by atoms with van der Waals surface area (Å²) in [6, 6.07) is 13.2. The Hall–Kier alpha value is -1.98. The Morgan fingerprint density at radius 3 is 2.27 bits per heavy atom. The number of nitrogens with zero attached hydrogens (tertiary/aromatic N) is 1. The van der Waals surface area contributed by atoms with E-state index < -0.39 is 5.91 Å². The molecule has 0 spiro atoms. The zero-order valence-corrected chi connectivity index (χ0v) is 16.0. The third-order valence-corrected chi connectivity index (χ3v) is 4.85. The molecule has 1 aromatic heterocycles. The Morgan fingerprint density at radius 2 is 1.58 bits per heavy atom. The number of carbonyl (C=O) groups is 1. The van der Waals surface area contributed by atoms with E-state index in [9.17, 15) is 4.79 Å². The highest BCUT2D eigenvalue weighted by atomic mass is 35.5. The van der Waals surface area contributed by atoms with Gasteiger partial charge in [-0.15, -0.1) is 0 Å². The zero-order chi connectivity index (χ0) is 18.7. The maximum absolute atomic E-state index is 12.0. The fourth-order valence-electron chi connectivity index (χ4n) is 2.08. The molecule has 0 aliphatic heterocycles. The van der Waals surface area contributed by atoms with E-state index in [1.165, 1.54) is 12.3 Å². The zero-order valence-electron chi connectivity index (χ0n) is 13.0. The van der Waals surface area contributed by atoms with E-state index >= 15 is 0 Å². The standard InChI is InChI=1S/C18H10Cl4N2O2/c19-13-4-1-10(7-15(13)21)17-6-3-12(26-17)9-23-24-18(25)11-2-5-14(20)16(22)8-11/h1-9H,(H,24,25)/b23-9-. The van der Waals surface area contributed by atoms with Crippen molar-refractivity contribution in [1.29, 1.82) is 0 Å². The van der Waals surface area contributed by atoms with Crippen molar-refractivity contribution in [3.63, 3.8) is 0 Å². The van der Waals surface area contributed by atoms with Gasteiger partial charge < -0.3 is 4.42 Å². The number of benzene rings is 2. The molecule has 0 fully saturated rings. The summed E-state index contributed by atoms with van der Waals surface area (Å²) >= 11 is 23.6. The molecular weight excluding hydrogens is 418 g/mol. The largest absolute Gasteiger partial charge is 0.455 e. The molecule has 0 bridgehead atoms. The fraction of sp³-hybridized carbons (Fsp3) is 0. The van der Waals surface area contributed by atoms with Gasteiger partial charge in [-0.25, -0.2) is 5.43 Å². The van der Waals surface area contributed by atoms with Crippen LogP contribution in [-0.4, -0.2) is 12.1 Å². The highest BCUT2D eigenvalue weighted by molar-refractivity contribution is 6.42. The van der Waals surface area contributed by atoms with Gasteiger partial charge in [-0.05, 0) is 48.5 Å². The van der Waals surface area contributed by atoms with Gasteiger partial charge in [-0.3, -0.25) is 4.79 Å². The van der Waals surface area contributed by atoms with E-state index in [2.05, 4.69) is 10.5 Å². The van der Waals surface area contributed by atoms with Gasteiger partial charge in [0.2, 0.25) is 0 Å². The third kappa shape index (κ3) is 4.40. The number of furan rings is 1. The van der Waals surface area contributed by atoms with Gasteiger partial charge >= 0.3 is 0 Å². The fourth-order valence-corrected chi connectivity index (χ4v) is 2.68. The van der Waals surface area contributed by atoms with Crippen molar-refractivity contribution in [2.75, 3.05) is 0 Å². The molecule has 0 aliphatic rings. The first-order valence-corrected chi connectivity index (χ1v) is 8.79. The van der Waals surface area contributed by atoms with E-state index in [1.807, 2.05) is 0 Å². The van der Waals surface area contributed by atoms with Crippen LogP contribution < -0.4 is 5.43 Å². The van der Waals surface area contributed by atoms with Gasteiger partial charge in [0.15, 0.2) is 0 Å². The van der Waals surface area contributed by atoms with E-state index in [1.54, 1.807) is 42.5 Å². The van der Waals surface area contributed by atoms with Crippen molar-refractivity contribution in [1.82, 2.24) is 5.43 Å². The van der Waals surface area contributed by atoms with Crippen molar-refractivity contribution in [2.45, 2.75) is 0 Å². The molecule has 1 N–H and O–H groups in total. The van der Waals surface area contributed by atoms with Crippen LogP contribution in [0, 0.1) is 0 Å². The summed E-state index contributed by atoms with van der Waals surface area (Å²) in [5.74, 6) is 0.636. The predicted octanol–water partition coefficient (Wildman–Crippen LogP) is 6.32. The Labute approximate surface area is 169 Å². The Kier molecular flexibility index (Phi) is 5.89. The minimum atomic E-state index is -0.420. The van der Waals surface area contributed by atoms with Crippen LogP contribution >= 0.6 is 46.4 Å². The molecule has 0 unspecified atom stereocenters. The van der Waals surface area contributed by atoms with Crippen LogP contribution in [0.15, 0.2) is 58.0 Å². The van der Waals surface area contributed by atoms with Crippen LogP contribution in [0.3, 0.4) is 0 Å². The summed E-state index contributed by atoms with van der Waals surface area (Å²) in [6.07, 6.45) is 1.39. The van der Waals surface area contributed by atoms with Gasteiger partial charge in [-0.2, -0.15) is 5.10 Å². The smallest absolute Gasteiger partial charge is 0.271 e. The minimum Gasteiger partial charge on any atom is -0.455 e. The minimum absolute atomic E-state index is 0.292. The van der Waals surface area contributed by atoms with Gasteiger partial charge in [0.05, 0.1) is 26.3 Å². The van der Waals surface area contributed by atoms with Crippen LogP contribution in [-0.2, 0) is 0 Å². The van der Waals surface area contributed by atoms with Crippen molar-refractivity contribution in [3.05, 3.63) is 79.9 Å². The second-order valence-corrected chi connectivity index (χ2v) is 6.79. The second-order valence-electron chi connectivity index (χ2n) is 5.16. The lowest BCUT2D eigenvalue weighted by molar-refractivity contribution is 0.0955. The quantitative estimate of drug-likeness (QED) is 0.391. The summed E-state index contributed by atoms with van der Waals surface area (Å²) < 4.78 is 5.65. The molecule has 0 atom stereocenters. The topological polar surface area (TPSA) is 54.6 Å². The summed E-state index contributed by atoms with van der Waals surface area (Å²) in [4.78, 5) is 12.0. The lowest BCUT2D eigenvalue weighted by Crippen LogP contribution is -2.17. The van der Waals surface area contributed by atoms with Crippen LogP contribution in [0.1, 0.15) is 16.1 Å². The highest BCUT2D eigenvalue weighted by Crippen LogP contribution is 2.29. The lowest BCUT2D eigenvalue weighted by Gasteiger charge is -2.01. The molecule has 0 saturated heterocycles. The molecule has 1 amide bonds. The van der Waals surface area contributed by atoms with Crippen LogP contribution in [0.4, 0.5) is 0 Å². The van der Waals surface area contributed by atoms with E-state index in [0.717, 1.165) is 5.56 Å². The van der Waals surface area contributed by atoms with Gasteiger partial charge in [-0.1, -0.05) is 46.4 Å². The summed E-state index contributed by atoms with van der Waals surface area (Å²) in [5, 5.41) is 5.43. The molecule has 2 aromatic carbocycles. The lowest BCUT2D eigenvalue weighted by atomic mass is 10.2. The van der Waals surface area contributed by atoms with Crippen LogP contribution in [0.5, 0.6) is 0 Å². The number of hydrazone groups is 1. The van der Waals surface area contributed by atoms with Gasteiger partial charge in [0.25, 0.3) is 5.91 Å². The Balaban J connectivity index is 1.67. The van der Waals surface area contributed by atoms with Crippen molar-refractivity contribution in [3.8, 4) is 11.3 Å². The van der Waals surface area contributed by atoms with E-state index in [0.29, 0.717) is 37.2 Å². The molecule has 3 rings (SSSR count). The first-order chi connectivity index (χ1) is 12.4.